The van der Waals surface area contributed by atoms with Crippen LogP contribution in [0.5, 0.6) is 5.75 Å². The van der Waals surface area contributed by atoms with E-state index in [1.54, 1.807) is 30.0 Å². The summed E-state index contributed by atoms with van der Waals surface area (Å²) < 4.78 is 19.8. The Morgan fingerprint density at radius 3 is 2.68 bits per heavy atom. The molecule has 0 saturated carbocycles. The van der Waals surface area contributed by atoms with Crippen LogP contribution in [-0.2, 0) is 0 Å². The van der Waals surface area contributed by atoms with Crippen molar-refractivity contribution in [2.45, 2.75) is 6.92 Å². The van der Waals surface area contributed by atoms with Gasteiger partial charge < -0.3 is 4.74 Å². The van der Waals surface area contributed by atoms with Crippen LogP contribution < -0.4 is 4.74 Å². The van der Waals surface area contributed by atoms with Gasteiger partial charge in [0.05, 0.1) is 30.3 Å². The molecule has 3 rings (SSSR count). The van der Waals surface area contributed by atoms with Crippen LogP contribution >= 0.6 is 0 Å². The van der Waals surface area contributed by atoms with E-state index in [4.69, 9.17) is 4.74 Å². The van der Waals surface area contributed by atoms with E-state index in [-0.39, 0.29) is 11.6 Å². The zero-order valence-electron chi connectivity index (χ0n) is 13.9. The number of carbonyl (C=O) groups excluding carboxylic acids is 1. The van der Waals surface area contributed by atoms with Crippen molar-refractivity contribution in [3.63, 3.8) is 0 Å². The molecule has 0 N–H and O–H groups in total. The van der Waals surface area contributed by atoms with Gasteiger partial charge in [-0.3, -0.25) is 4.79 Å². The lowest BCUT2D eigenvalue weighted by Crippen LogP contribution is -2.01. The zero-order chi connectivity index (χ0) is 17.8. The average Bonchev–Trinajstić information content (AvgIpc) is 3.02. The van der Waals surface area contributed by atoms with Gasteiger partial charge in [-0.15, -0.1) is 0 Å². The Labute approximate surface area is 145 Å². The first-order valence-corrected chi connectivity index (χ1v) is 7.75. The highest BCUT2D eigenvalue weighted by atomic mass is 19.1. The minimum absolute atomic E-state index is 0.145. The van der Waals surface area contributed by atoms with Gasteiger partial charge in [-0.05, 0) is 55.0 Å². The summed E-state index contributed by atoms with van der Waals surface area (Å²) in [5, 5.41) is 4.24. The van der Waals surface area contributed by atoms with E-state index < -0.39 is 0 Å². The molecule has 5 heteroatoms. The van der Waals surface area contributed by atoms with Crippen LogP contribution in [0, 0.1) is 12.7 Å². The summed E-state index contributed by atoms with van der Waals surface area (Å²) in [6.45, 7) is 1.81. The lowest BCUT2D eigenvalue weighted by molar-refractivity contribution is 0.104. The minimum Gasteiger partial charge on any atom is -0.497 e. The smallest absolute Gasteiger partial charge is 0.189 e. The van der Waals surface area contributed by atoms with Crippen LogP contribution in [0.2, 0.25) is 0 Å². The molecule has 0 radical (unpaired) electrons. The maximum Gasteiger partial charge on any atom is 0.189 e. The Morgan fingerprint density at radius 2 is 1.96 bits per heavy atom. The summed E-state index contributed by atoms with van der Waals surface area (Å²) in [7, 11) is 1.60. The van der Waals surface area contributed by atoms with Crippen molar-refractivity contribution in [2.24, 2.45) is 0 Å². The maximum atomic E-state index is 13.1. The maximum absolute atomic E-state index is 13.1. The summed E-state index contributed by atoms with van der Waals surface area (Å²) in [6, 6.07) is 13.4. The molecule has 2 aromatic carbocycles. The van der Waals surface area contributed by atoms with Crippen molar-refractivity contribution < 1.29 is 13.9 Å². The molecule has 0 aliphatic carbocycles. The molecule has 0 bridgehead atoms. The molecule has 0 fully saturated rings. The summed E-state index contributed by atoms with van der Waals surface area (Å²) >= 11 is 0. The lowest BCUT2D eigenvalue weighted by Gasteiger charge is -2.04. The molecule has 3 aromatic rings. The summed E-state index contributed by atoms with van der Waals surface area (Å²) in [6.07, 6.45) is 4.77. The molecule has 0 aliphatic heterocycles. The van der Waals surface area contributed by atoms with Crippen molar-refractivity contribution in [1.82, 2.24) is 9.78 Å². The van der Waals surface area contributed by atoms with Gasteiger partial charge in [-0.1, -0.05) is 18.2 Å². The fraction of sp³-hybridized carbons (Fsp3) is 0.100. The van der Waals surface area contributed by atoms with Crippen molar-refractivity contribution in [3.05, 3.63) is 83.4 Å². The highest BCUT2D eigenvalue weighted by Crippen LogP contribution is 2.17. The normalized spacial score (nSPS) is 11.0. The first-order chi connectivity index (χ1) is 12.1. The molecule has 0 saturated heterocycles. The molecule has 4 nitrogen and oxygen atoms in total. The predicted octanol–water partition coefficient (Wildman–Crippen LogP) is 4.22. The second-order valence-electron chi connectivity index (χ2n) is 5.51. The largest absolute Gasteiger partial charge is 0.497 e. The van der Waals surface area contributed by atoms with Gasteiger partial charge in [0, 0.05) is 0 Å². The third-order valence-electron chi connectivity index (χ3n) is 3.87. The third kappa shape index (κ3) is 3.66. The lowest BCUT2D eigenvalue weighted by atomic mass is 10.1. The molecule has 1 aromatic heterocycles. The molecule has 0 atom stereocenters. The number of methoxy groups -OCH3 is 1. The molecule has 25 heavy (non-hydrogen) atoms. The first kappa shape index (κ1) is 16.6. The van der Waals surface area contributed by atoms with E-state index in [9.17, 15) is 9.18 Å². The highest BCUT2D eigenvalue weighted by Gasteiger charge is 2.13. The van der Waals surface area contributed by atoms with E-state index in [2.05, 4.69) is 5.10 Å². The number of carbonyl (C=O) groups is 1. The van der Waals surface area contributed by atoms with Crippen LogP contribution in [0.3, 0.4) is 0 Å². The van der Waals surface area contributed by atoms with Crippen molar-refractivity contribution in [3.8, 4) is 11.4 Å². The zero-order valence-corrected chi connectivity index (χ0v) is 13.9. The Morgan fingerprint density at radius 1 is 1.20 bits per heavy atom. The van der Waals surface area contributed by atoms with Crippen LogP contribution in [0.25, 0.3) is 11.8 Å². The number of allylic oxidation sites excluding steroid dienone is 1. The standard InChI is InChI=1S/C20H17FN2O2/c1-14-19(13-22-23(14)17-9-7-16(21)8-10-17)20(24)11-6-15-4-3-5-18(12-15)25-2/h3-13H,1-2H3/b11-6+. The first-order valence-electron chi connectivity index (χ1n) is 7.75. The van der Waals surface area contributed by atoms with Crippen LogP contribution in [-0.4, -0.2) is 22.7 Å². The molecule has 1 heterocycles. The number of ketones is 1. The number of rotatable bonds is 5. The number of nitrogens with zero attached hydrogens (tertiary/aromatic N) is 2. The molecule has 0 amide bonds. The van der Waals surface area contributed by atoms with Crippen molar-refractivity contribution >= 4 is 11.9 Å². The van der Waals surface area contributed by atoms with Crippen LogP contribution in [0.15, 0.2) is 60.8 Å². The number of aromatic nitrogens is 2. The molecule has 0 spiro atoms. The highest BCUT2D eigenvalue weighted by molar-refractivity contribution is 6.07. The quantitative estimate of drug-likeness (QED) is 0.517. The molecular formula is C20H17FN2O2. The fourth-order valence-electron chi connectivity index (χ4n) is 2.50. The van der Waals surface area contributed by atoms with E-state index in [1.165, 1.54) is 24.4 Å². The fourth-order valence-corrected chi connectivity index (χ4v) is 2.50. The third-order valence-corrected chi connectivity index (χ3v) is 3.87. The average molecular weight is 336 g/mol. The minimum atomic E-state index is -0.314. The van der Waals surface area contributed by atoms with E-state index in [1.807, 2.05) is 31.2 Å². The van der Waals surface area contributed by atoms with Gasteiger partial charge in [0.15, 0.2) is 5.78 Å². The number of ether oxygens (including phenoxy) is 1. The number of hydrogen-bond donors (Lipinski definition) is 0. The Kier molecular flexibility index (Phi) is 4.75. The molecular weight excluding hydrogens is 319 g/mol. The molecule has 126 valence electrons. The second-order valence-corrected chi connectivity index (χ2v) is 5.51. The van der Waals surface area contributed by atoms with Crippen LogP contribution in [0.4, 0.5) is 4.39 Å². The van der Waals surface area contributed by atoms with Crippen LogP contribution in [0.1, 0.15) is 21.6 Å². The summed E-state index contributed by atoms with van der Waals surface area (Å²) in [5.41, 5.74) is 2.78. The van der Waals surface area contributed by atoms with Gasteiger partial charge in [0.25, 0.3) is 0 Å². The number of benzene rings is 2. The Balaban J connectivity index is 1.83. The van der Waals surface area contributed by atoms with Gasteiger partial charge in [-0.2, -0.15) is 5.10 Å². The van der Waals surface area contributed by atoms with E-state index >= 15 is 0 Å². The van der Waals surface area contributed by atoms with Crippen molar-refractivity contribution in [2.75, 3.05) is 7.11 Å². The Bertz CT molecular complexity index is 927. The predicted molar refractivity (Wildman–Crippen MR) is 94.6 cm³/mol. The molecule has 0 aliphatic rings. The van der Waals surface area contributed by atoms with E-state index in [0.717, 1.165) is 11.3 Å². The number of hydrogen-bond acceptors (Lipinski definition) is 3. The Hall–Kier alpha value is -3.21. The van der Waals surface area contributed by atoms with Gasteiger partial charge >= 0.3 is 0 Å². The summed E-state index contributed by atoms with van der Waals surface area (Å²) in [4.78, 5) is 12.5. The second kappa shape index (κ2) is 7.13. The topological polar surface area (TPSA) is 44.1 Å². The SMILES string of the molecule is COc1cccc(/C=C/C(=O)c2cnn(-c3ccc(F)cc3)c2C)c1. The van der Waals surface area contributed by atoms with Gasteiger partial charge in [0.1, 0.15) is 11.6 Å². The van der Waals surface area contributed by atoms with Gasteiger partial charge in [0.2, 0.25) is 0 Å². The van der Waals surface area contributed by atoms with Crippen molar-refractivity contribution in [1.29, 1.82) is 0 Å². The van der Waals surface area contributed by atoms with Gasteiger partial charge in [-0.25, -0.2) is 9.07 Å². The monoisotopic (exact) mass is 336 g/mol. The van der Waals surface area contributed by atoms with E-state index in [0.29, 0.717) is 16.9 Å². The summed E-state index contributed by atoms with van der Waals surface area (Å²) in [5.74, 6) is 0.273. The molecule has 0 unspecified atom stereocenters. The number of halogens is 1.